The second-order valence-electron chi connectivity index (χ2n) is 6.66. The molecular weight excluding hydrogens is 403 g/mol. The predicted molar refractivity (Wildman–Crippen MR) is 105 cm³/mol. The van der Waals surface area contributed by atoms with Crippen LogP contribution in [0.3, 0.4) is 0 Å². The SMILES string of the molecule is CC(C)CC(=O)N=C1S[C@@H]2CS(=O)(=O)C[C@H]2N1c1ccc(Cl)c(Cl)c1. The molecule has 136 valence electrons. The van der Waals surface area contributed by atoms with Gasteiger partial charge in [-0.15, -0.1) is 0 Å². The van der Waals surface area contributed by atoms with Crippen molar-refractivity contribution in [2.45, 2.75) is 31.6 Å². The maximum atomic E-state index is 12.2. The minimum Gasteiger partial charge on any atom is -0.316 e. The molecular formula is C16H18Cl2N2O3S2. The average molecular weight is 421 g/mol. The van der Waals surface area contributed by atoms with Gasteiger partial charge in [0, 0.05) is 17.4 Å². The maximum absolute atomic E-state index is 12.2. The second-order valence-corrected chi connectivity index (χ2v) is 10.8. The summed E-state index contributed by atoms with van der Waals surface area (Å²) in [6.45, 7) is 3.91. The Kier molecular flexibility index (Phi) is 5.40. The molecule has 25 heavy (non-hydrogen) atoms. The van der Waals surface area contributed by atoms with Crippen LogP contribution in [0.1, 0.15) is 20.3 Å². The lowest BCUT2D eigenvalue weighted by Crippen LogP contribution is -2.37. The molecule has 1 aromatic carbocycles. The van der Waals surface area contributed by atoms with E-state index >= 15 is 0 Å². The standard InChI is InChI=1S/C16H18Cl2N2O3S2/c1-9(2)5-15(21)19-16-20(10-3-4-11(17)12(18)6-10)13-7-25(22,23)8-14(13)24-16/h3-4,6,9,13-14H,5,7-8H2,1-2H3/t13-,14-/m1/s1. The van der Waals surface area contributed by atoms with E-state index in [1.165, 1.54) is 11.8 Å². The summed E-state index contributed by atoms with van der Waals surface area (Å²) in [6, 6.07) is 4.86. The van der Waals surface area contributed by atoms with Gasteiger partial charge in [-0.3, -0.25) is 4.79 Å². The summed E-state index contributed by atoms with van der Waals surface area (Å²) in [7, 11) is -3.10. The van der Waals surface area contributed by atoms with Gasteiger partial charge in [0.15, 0.2) is 15.0 Å². The monoisotopic (exact) mass is 420 g/mol. The van der Waals surface area contributed by atoms with Gasteiger partial charge in [-0.2, -0.15) is 4.99 Å². The predicted octanol–water partition coefficient (Wildman–Crippen LogP) is 3.64. The molecule has 0 spiro atoms. The smallest absolute Gasteiger partial charge is 0.248 e. The van der Waals surface area contributed by atoms with Crippen molar-refractivity contribution in [3.63, 3.8) is 0 Å². The Labute approximate surface area is 161 Å². The van der Waals surface area contributed by atoms with E-state index in [9.17, 15) is 13.2 Å². The fraction of sp³-hybridized carbons (Fsp3) is 0.500. The fourth-order valence-corrected chi connectivity index (χ4v) is 7.23. The highest BCUT2D eigenvalue weighted by Gasteiger charge is 2.49. The van der Waals surface area contributed by atoms with Gasteiger partial charge in [0.2, 0.25) is 5.91 Å². The first-order chi connectivity index (χ1) is 11.7. The van der Waals surface area contributed by atoms with E-state index in [2.05, 4.69) is 4.99 Å². The van der Waals surface area contributed by atoms with Crippen molar-refractivity contribution in [3.05, 3.63) is 28.2 Å². The van der Waals surface area contributed by atoms with Crippen LogP contribution in [0.4, 0.5) is 5.69 Å². The number of rotatable bonds is 3. The van der Waals surface area contributed by atoms with Gasteiger partial charge in [0.25, 0.3) is 0 Å². The highest BCUT2D eigenvalue weighted by atomic mass is 35.5. The largest absolute Gasteiger partial charge is 0.316 e. The van der Waals surface area contributed by atoms with Crippen LogP contribution in [0.2, 0.25) is 10.0 Å². The van der Waals surface area contributed by atoms with E-state index in [4.69, 9.17) is 23.2 Å². The van der Waals surface area contributed by atoms with Crippen LogP contribution >= 0.6 is 35.0 Å². The number of thioether (sulfide) groups is 1. The molecule has 0 radical (unpaired) electrons. The van der Waals surface area contributed by atoms with Crippen LogP contribution in [0, 0.1) is 5.92 Å². The molecule has 3 rings (SSSR count). The van der Waals surface area contributed by atoms with Crippen LogP contribution in [0.25, 0.3) is 0 Å². The highest BCUT2D eigenvalue weighted by Crippen LogP contribution is 2.42. The number of nitrogens with zero attached hydrogens (tertiary/aromatic N) is 2. The number of amides is 1. The van der Waals surface area contributed by atoms with Gasteiger partial charge in [0.1, 0.15) is 0 Å². The van der Waals surface area contributed by atoms with Gasteiger partial charge >= 0.3 is 0 Å². The summed E-state index contributed by atoms with van der Waals surface area (Å²) < 4.78 is 24.0. The number of hydrogen-bond donors (Lipinski definition) is 0. The van der Waals surface area contributed by atoms with Gasteiger partial charge < -0.3 is 4.90 Å². The lowest BCUT2D eigenvalue weighted by atomic mass is 10.1. The van der Waals surface area contributed by atoms with Crippen LogP contribution in [-0.4, -0.2) is 42.3 Å². The molecule has 0 aromatic heterocycles. The van der Waals surface area contributed by atoms with E-state index in [1.807, 2.05) is 18.7 Å². The van der Waals surface area contributed by atoms with Crippen molar-refractivity contribution in [1.29, 1.82) is 0 Å². The molecule has 0 aliphatic carbocycles. The second kappa shape index (κ2) is 7.10. The summed E-state index contributed by atoms with van der Waals surface area (Å²) in [4.78, 5) is 18.2. The lowest BCUT2D eigenvalue weighted by molar-refractivity contribution is -0.118. The zero-order chi connectivity index (χ0) is 18.4. The molecule has 1 aromatic rings. The molecule has 2 aliphatic rings. The van der Waals surface area contributed by atoms with E-state index < -0.39 is 9.84 Å². The molecule has 2 fully saturated rings. The first-order valence-electron chi connectivity index (χ1n) is 7.89. The number of benzene rings is 1. The van der Waals surface area contributed by atoms with Gasteiger partial charge in [-0.05, 0) is 24.1 Å². The summed E-state index contributed by atoms with van der Waals surface area (Å²) in [5.41, 5.74) is 0.697. The Morgan fingerprint density at radius 1 is 1.32 bits per heavy atom. The number of hydrogen-bond acceptors (Lipinski definition) is 4. The first-order valence-corrected chi connectivity index (χ1v) is 11.3. The van der Waals surface area contributed by atoms with Crippen molar-refractivity contribution in [2.24, 2.45) is 10.9 Å². The fourth-order valence-electron chi connectivity index (χ4n) is 3.00. The number of sulfone groups is 1. The number of fused-ring (bicyclic) bond motifs is 1. The Bertz CT molecular complexity index is 840. The number of aliphatic imine (C=N–C) groups is 1. The molecule has 5 nitrogen and oxygen atoms in total. The van der Waals surface area contributed by atoms with Crippen LogP contribution in [0.15, 0.2) is 23.2 Å². The van der Waals surface area contributed by atoms with Crippen molar-refractivity contribution < 1.29 is 13.2 Å². The molecule has 0 unspecified atom stereocenters. The van der Waals surface area contributed by atoms with Crippen molar-refractivity contribution in [2.75, 3.05) is 16.4 Å². The zero-order valence-corrected chi connectivity index (χ0v) is 16.9. The van der Waals surface area contributed by atoms with Crippen LogP contribution < -0.4 is 4.90 Å². The molecule has 2 atom stereocenters. The van der Waals surface area contributed by atoms with Crippen molar-refractivity contribution in [1.82, 2.24) is 0 Å². The van der Waals surface area contributed by atoms with E-state index in [1.54, 1.807) is 18.2 Å². The third kappa shape index (κ3) is 4.15. The molecule has 0 saturated carbocycles. The Balaban J connectivity index is 1.99. The minimum absolute atomic E-state index is 0.0440. The third-order valence-corrected chi connectivity index (χ3v) is 8.00. The Morgan fingerprint density at radius 2 is 2.04 bits per heavy atom. The molecule has 2 saturated heterocycles. The van der Waals surface area contributed by atoms with Crippen LogP contribution in [-0.2, 0) is 14.6 Å². The molecule has 0 N–H and O–H groups in total. The van der Waals surface area contributed by atoms with E-state index in [0.29, 0.717) is 27.3 Å². The molecule has 2 aliphatic heterocycles. The number of carbonyl (C=O) groups excluding carboxylic acids is 1. The molecule has 2 heterocycles. The van der Waals surface area contributed by atoms with Crippen molar-refractivity contribution in [3.8, 4) is 0 Å². The van der Waals surface area contributed by atoms with Gasteiger partial charge in [-0.25, -0.2) is 8.42 Å². The average Bonchev–Trinajstić information content (AvgIpc) is 2.92. The summed E-state index contributed by atoms with van der Waals surface area (Å²) in [5, 5.41) is 1.20. The number of carbonyl (C=O) groups is 1. The van der Waals surface area contributed by atoms with Crippen LogP contribution in [0.5, 0.6) is 0 Å². The zero-order valence-electron chi connectivity index (χ0n) is 13.8. The normalized spacial score (nSPS) is 26.4. The van der Waals surface area contributed by atoms with E-state index in [-0.39, 0.29) is 34.6 Å². The van der Waals surface area contributed by atoms with Gasteiger partial charge in [-0.1, -0.05) is 48.8 Å². The molecule has 0 bridgehead atoms. The summed E-state index contributed by atoms with van der Waals surface area (Å²) in [6.07, 6.45) is 0.354. The number of anilines is 1. The topological polar surface area (TPSA) is 66.8 Å². The highest BCUT2D eigenvalue weighted by molar-refractivity contribution is 8.16. The van der Waals surface area contributed by atoms with Gasteiger partial charge in [0.05, 0.1) is 27.6 Å². The number of halogens is 2. The third-order valence-electron chi connectivity index (χ3n) is 4.05. The molecule has 1 amide bonds. The summed E-state index contributed by atoms with van der Waals surface area (Å²) >= 11 is 13.5. The van der Waals surface area contributed by atoms with E-state index in [0.717, 1.165) is 0 Å². The quantitative estimate of drug-likeness (QED) is 0.746. The molecule has 9 heteroatoms. The van der Waals surface area contributed by atoms with Crippen molar-refractivity contribution >= 4 is 61.6 Å². The Morgan fingerprint density at radius 3 is 2.68 bits per heavy atom. The lowest BCUT2D eigenvalue weighted by Gasteiger charge is -2.24. The maximum Gasteiger partial charge on any atom is 0.248 e. The minimum atomic E-state index is -3.10. The first kappa shape index (κ1) is 19.0. The summed E-state index contributed by atoms with van der Waals surface area (Å²) in [5.74, 6) is 0.145. The number of amidine groups is 1. The Hall–Kier alpha value is -0.760.